The van der Waals surface area contributed by atoms with Crippen molar-refractivity contribution >= 4 is 11.9 Å². The lowest BCUT2D eigenvalue weighted by atomic mass is 9.51. The van der Waals surface area contributed by atoms with Crippen molar-refractivity contribution in [1.82, 2.24) is 0 Å². The predicted molar refractivity (Wildman–Crippen MR) is 130 cm³/mol. The summed E-state index contributed by atoms with van der Waals surface area (Å²) in [5, 5.41) is 24.2. The molecule has 0 aromatic carbocycles. The number of cyclic esters (lactones) is 1. The molecule has 3 saturated heterocycles. The van der Waals surface area contributed by atoms with Crippen LogP contribution in [-0.4, -0.2) is 69.0 Å². The van der Waals surface area contributed by atoms with E-state index in [1.807, 2.05) is 6.08 Å². The third-order valence-electron chi connectivity index (χ3n) is 12.2. The van der Waals surface area contributed by atoms with Crippen LogP contribution in [0.1, 0.15) is 79.6 Å². The molecule has 0 amide bonds. The smallest absolute Gasteiger partial charge is 0.334 e. The van der Waals surface area contributed by atoms with Crippen molar-refractivity contribution in [1.29, 1.82) is 0 Å². The summed E-state index contributed by atoms with van der Waals surface area (Å²) in [5.41, 5.74) is -3.10. The minimum absolute atomic E-state index is 0.0258. The van der Waals surface area contributed by atoms with Crippen LogP contribution < -0.4 is 0 Å². The van der Waals surface area contributed by atoms with Crippen molar-refractivity contribution in [3.05, 3.63) is 11.6 Å². The Hall–Kier alpha value is -1.48. The van der Waals surface area contributed by atoms with E-state index < -0.39 is 40.0 Å². The normalized spacial score (nSPS) is 57.4. The average Bonchev–Trinajstić information content (AvgIpc) is 3.46. The Labute approximate surface area is 218 Å². The lowest BCUT2D eigenvalue weighted by Crippen LogP contribution is -2.65. The van der Waals surface area contributed by atoms with Crippen molar-refractivity contribution < 1.29 is 38.7 Å². The zero-order chi connectivity index (χ0) is 26.3. The van der Waals surface area contributed by atoms with Crippen LogP contribution >= 0.6 is 0 Å². The van der Waals surface area contributed by atoms with Gasteiger partial charge in [0.05, 0.1) is 29.3 Å². The van der Waals surface area contributed by atoms with Gasteiger partial charge in [0, 0.05) is 23.3 Å². The fourth-order valence-electron chi connectivity index (χ4n) is 10.6. The van der Waals surface area contributed by atoms with Gasteiger partial charge in [0.2, 0.25) is 0 Å². The molecule has 204 valence electrons. The number of aliphatic hydroxyl groups excluding tert-OH is 1. The van der Waals surface area contributed by atoms with Crippen LogP contribution in [0.2, 0.25) is 0 Å². The molecule has 12 unspecified atom stereocenters. The van der Waals surface area contributed by atoms with Crippen molar-refractivity contribution in [2.45, 2.75) is 126 Å². The molecule has 12 atom stereocenters. The highest BCUT2D eigenvalue weighted by Gasteiger charge is 2.78. The highest BCUT2D eigenvalue weighted by atomic mass is 16.6. The molecule has 37 heavy (non-hydrogen) atoms. The standard InChI is InChI=1S/C29H40O8/c1-14-10-17(34-24(14)32)23-15(2)16-11-20(30)26(5)19-7-6-18-25(3,4)35-21-12-22(31)36-28(18,21)13-27(19,33)8-9-29(16,26)37-23/h10,15-21,23,30,33H,6-9,11-13H2,1-5H3. The monoisotopic (exact) mass is 516 g/mol. The topological polar surface area (TPSA) is 112 Å². The summed E-state index contributed by atoms with van der Waals surface area (Å²) < 4.78 is 25.2. The molecule has 0 aromatic heterocycles. The number of carbonyl (C=O) groups is 2. The van der Waals surface area contributed by atoms with Crippen LogP contribution in [0.4, 0.5) is 0 Å². The number of aliphatic hydroxyl groups is 2. The summed E-state index contributed by atoms with van der Waals surface area (Å²) in [6, 6.07) is 0. The Morgan fingerprint density at radius 3 is 2.49 bits per heavy atom. The molecule has 6 fully saturated rings. The first-order valence-corrected chi connectivity index (χ1v) is 14.1. The second kappa shape index (κ2) is 7.18. The van der Waals surface area contributed by atoms with Gasteiger partial charge in [0.15, 0.2) is 0 Å². The summed E-state index contributed by atoms with van der Waals surface area (Å²) in [4.78, 5) is 24.7. The lowest BCUT2D eigenvalue weighted by molar-refractivity contribution is -0.252. The van der Waals surface area contributed by atoms with E-state index >= 15 is 0 Å². The largest absolute Gasteiger partial charge is 0.456 e. The lowest BCUT2D eigenvalue weighted by Gasteiger charge is -2.59. The zero-order valence-electron chi connectivity index (χ0n) is 22.5. The first kappa shape index (κ1) is 24.6. The first-order valence-electron chi connectivity index (χ1n) is 14.1. The molecule has 3 aliphatic carbocycles. The van der Waals surface area contributed by atoms with Gasteiger partial charge in [0.1, 0.15) is 23.9 Å². The van der Waals surface area contributed by atoms with E-state index in [0.717, 1.165) is 6.42 Å². The van der Waals surface area contributed by atoms with Crippen LogP contribution in [0, 0.1) is 29.1 Å². The summed E-state index contributed by atoms with van der Waals surface area (Å²) in [7, 11) is 0. The Bertz CT molecular complexity index is 1100. The van der Waals surface area contributed by atoms with Gasteiger partial charge >= 0.3 is 11.9 Å². The molecule has 8 heteroatoms. The third kappa shape index (κ3) is 2.78. The summed E-state index contributed by atoms with van der Waals surface area (Å²) >= 11 is 0. The van der Waals surface area contributed by atoms with Gasteiger partial charge in [-0.15, -0.1) is 0 Å². The molecule has 0 bridgehead atoms. The van der Waals surface area contributed by atoms with E-state index in [1.165, 1.54) is 0 Å². The SMILES string of the molecule is CC1=CC(C2OC34CCC5(O)CC67OC(=O)CC6OC(C)(C)C7CCC5C3(C)C(O)CC4C2C)OC1=O. The van der Waals surface area contributed by atoms with E-state index in [2.05, 4.69) is 27.7 Å². The van der Waals surface area contributed by atoms with Gasteiger partial charge in [-0.25, -0.2) is 4.79 Å². The van der Waals surface area contributed by atoms with Crippen LogP contribution in [0.15, 0.2) is 11.6 Å². The zero-order valence-corrected chi connectivity index (χ0v) is 22.5. The number of hydrogen-bond acceptors (Lipinski definition) is 8. The Morgan fingerprint density at radius 2 is 1.78 bits per heavy atom. The minimum atomic E-state index is -1.11. The van der Waals surface area contributed by atoms with Gasteiger partial charge in [-0.1, -0.05) is 13.8 Å². The average molecular weight is 517 g/mol. The molecule has 8 nitrogen and oxygen atoms in total. The molecule has 0 aromatic rings. The van der Waals surface area contributed by atoms with Crippen molar-refractivity contribution in [2.24, 2.45) is 29.1 Å². The second-order valence-corrected chi connectivity index (χ2v) is 14.0. The molecule has 0 radical (unpaired) electrons. The minimum Gasteiger partial charge on any atom is -0.456 e. The maximum Gasteiger partial charge on any atom is 0.334 e. The molecular weight excluding hydrogens is 476 g/mol. The van der Waals surface area contributed by atoms with Crippen LogP contribution in [0.5, 0.6) is 0 Å². The Balaban J connectivity index is 1.28. The number of rotatable bonds is 1. The van der Waals surface area contributed by atoms with E-state index in [-0.39, 0.29) is 54.2 Å². The fourth-order valence-corrected chi connectivity index (χ4v) is 10.6. The van der Waals surface area contributed by atoms with E-state index in [9.17, 15) is 19.8 Å². The molecule has 7 rings (SSSR count). The number of ether oxygens (including phenoxy) is 4. The van der Waals surface area contributed by atoms with Gasteiger partial charge in [-0.05, 0) is 76.7 Å². The molecule has 7 aliphatic rings. The second-order valence-electron chi connectivity index (χ2n) is 14.0. The first-order chi connectivity index (χ1) is 17.3. The Kier molecular flexibility index (Phi) is 4.76. The van der Waals surface area contributed by atoms with E-state index in [0.29, 0.717) is 37.7 Å². The van der Waals surface area contributed by atoms with Crippen molar-refractivity contribution in [2.75, 3.05) is 0 Å². The number of esters is 2. The highest BCUT2D eigenvalue weighted by molar-refractivity contribution is 5.90. The van der Waals surface area contributed by atoms with E-state index in [1.54, 1.807) is 6.92 Å². The Morgan fingerprint density at radius 1 is 1.05 bits per heavy atom. The summed E-state index contributed by atoms with van der Waals surface area (Å²) in [5.74, 6) is -0.596. The molecule has 4 heterocycles. The summed E-state index contributed by atoms with van der Waals surface area (Å²) in [6.07, 6.45) is 3.91. The van der Waals surface area contributed by atoms with Crippen LogP contribution in [-0.2, 0) is 28.5 Å². The van der Waals surface area contributed by atoms with Gasteiger partial charge in [-0.2, -0.15) is 0 Å². The highest BCUT2D eigenvalue weighted by Crippen LogP contribution is 2.72. The van der Waals surface area contributed by atoms with Gasteiger partial charge < -0.3 is 29.2 Å². The number of fused-ring (bicyclic) bond motifs is 2. The molecular formula is C29H40O8. The van der Waals surface area contributed by atoms with Gasteiger partial charge in [0.25, 0.3) is 0 Å². The molecule has 2 spiro atoms. The maximum absolute atomic E-state index is 12.5. The van der Waals surface area contributed by atoms with Crippen molar-refractivity contribution in [3.8, 4) is 0 Å². The summed E-state index contributed by atoms with van der Waals surface area (Å²) in [6.45, 7) is 10.2. The predicted octanol–water partition coefficient (Wildman–Crippen LogP) is 2.82. The third-order valence-corrected chi connectivity index (χ3v) is 12.2. The molecule has 2 N–H and O–H groups in total. The number of hydrogen-bond donors (Lipinski definition) is 2. The van der Waals surface area contributed by atoms with E-state index in [4.69, 9.17) is 18.9 Å². The van der Waals surface area contributed by atoms with Gasteiger partial charge in [-0.3, -0.25) is 4.79 Å². The van der Waals surface area contributed by atoms with Crippen LogP contribution in [0.25, 0.3) is 0 Å². The van der Waals surface area contributed by atoms with Crippen LogP contribution in [0.3, 0.4) is 0 Å². The molecule has 4 aliphatic heterocycles. The quantitative estimate of drug-likeness (QED) is 0.512. The maximum atomic E-state index is 12.5. The molecule has 3 saturated carbocycles. The number of carbonyl (C=O) groups excluding carboxylic acids is 2. The van der Waals surface area contributed by atoms with Crippen molar-refractivity contribution in [3.63, 3.8) is 0 Å². The fraction of sp³-hybridized carbons (Fsp3) is 0.862.